The van der Waals surface area contributed by atoms with Crippen molar-refractivity contribution in [3.05, 3.63) is 59.4 Å². The van der Waals surface area contributed by atoms with Gasteiger partial charge in [0.2, 0.25) is 0 Å². The maximum atomic E-state index is 12.7. The molecule has 3 rings (SSSR count). The molecule has 5 nitrogen and oxygen atoms in total. The Morgan fingerprint density at radius 1 is 1.33 bits per heavy atom. The van der Waals surface area contributed by atoms with Crippen LogP contribution in [0.25, 0.3) is 0 Å². The van der Waals surface area contributed by atoms with Crippen molar-refractivity contribution in [2.24, 2.45) is 0 Å². The first-order valence-electron chi connectivity index (χ1n) is 8.03. The van der Waals surface area contributed by atoms with Crippen LogP contribution in [0, 0.1) is 0 Å². The van der Waals surface area contributed by atoms with Gasteiger partial charge in [0.05, 0.1) is 6.10 Å². The van der Waals surface area contributed by atoms with Gasteiger partial charge >= 0.3 is 6.03 Å². The summed E-state index contributed by atoms with van der Waals surface area (Å²) in [4.78, 5) is 18.5. The largest absolute Gasteiger partial charge is 0.376 e. The number of halogens is 1. The van der Waals surface area contributed by atoms with Crippen LogP contribution in [0.3, 0.4) is 0 Å². The molecule has 1 aliphatic heterocycles. The molecule has 1 aromatic heterocycles. The molecule has 6 heteroatoms. The van der Waals surface area contributed by atoms with E-state index in [2.05, 4.69) is 10.3 Å². The van der Waals surface area contributed by atoms with E-state index < -0.39 is 0 Å². The Kier molecular flexibility index (Phi) is 5.67. The lowest BCUT2D eigenvalue weighted by molar-refractivity contribution is 0.0819. The minimum absolute atomic E-state index is 0.0944. The molecule has 2 aromatic rings. The summed E-state index contributed by atoms with van der Waals surface area (Å²) in [7, 11) is 0. The van der Waals surface area contributed by atoms with E-state index in [0.29, 0.717) is 23.8 Å². The quantitative estimate of drug-likeness (QED) is 0.892. The summed E-state index contributed by atoms with van der Waals surface area (Å²) in [6.07, 6.45) is 5.58. The molecule has 2 heterocycles. The van der Waals surface area contributed by atoms with Gasteiger partial charge in [-0.25, -0.2) is 4.79 Å². The van der Waals surface area contributed by atoms with Gasteiger partial charge in [0.15, 0.2) is 0 Å². The van der Waals surface area contributed by atoms with Crippen molar-refractivity contribution in [1.82, 2.24) is 9.88 Å². The number of nitrogens with one attached hydrogen (secondary N) is 1. The van der Waals surface area contributed by atoms with Gasteiger partial charge in [-0.1, -0.05) is 17.7 Å². The molecule has 1 aliphatic rings. The second-order valence-corrected chi connectivity index (χ2v) is 6.25. The lowest BCUT2D eigenvalue weighted by Crippen LogP contribution is -2.39. The lowest BCUT2D eigenvalue weighted by atomic mass is 10.2. The number of carbonyl (C=O) groups is 1. The molecule has 0 aliphatic carbocycles. The highest BCUT2D eigenvalue weighted by atomic mass is 35.5. The van der Waals surface area contributed by atoms with E-state index in [1.807, 2.05) is 24.3 Å². The normalized spacial score (nSPS) is 16.8. The summed E-state index contributed by atoms with van der Waals surface area (Å²) < 4.78 is 5.69. The third kappa shape index (κ3) is 4.69. The third-order valence-corrected chi connectivity index (χ3v) is 4.17. The van der Waals surface area contributed by atoms with Crippen molar-refractivity contribution in [3.63, 3.8) is 0 Å². The molecule has 2 amide bonds. The van der Waals surface area contributed by atoms with Gasteiger partial charge in [0.1, 0.15) is 0 Å². The van der Waals surface area contributed by atoms with Gasteiger partial charge in [-0.2, -0.15) is 0 Å². The van der Waals surface area contributed by atoms with E-state index in [-0.39, 0.29) is 12.1 Å². The highest BCUT2D eigenvalue weighted by Gasteiger charge is 2.23. The number of hydrogen-bond acceptors (Lipinski definition) is 3. The Labute approximate surface area is 146 Å². The number of amides is 2. The second-order valence-electron chi connectivity index (χ2n) is 5.81. The molecule has 24 heavy (non-hydrogen) atoms. The molecule has 1 saturated heterocycles. The highest BCUT2D eigenvalue weighted by molar-refractivity contribution is 6.30. The summed E-state index contributed by atoms with van der Waals surface area (Å²) >= 11 is 5.98. The zero-order valence-electron chi connectivity index (χ0n) is 13.3. The van der Waals surface area contributed by atoms with Crippen molar-refractivity contribution in [2.75, 3.05) is 18.5 Å². The van der Waals surface area contributed by atoms with E-state index in [1.54, 1.807) is 29.4 Å². The third-order valence-electron chi connectivity index (χ3n) is 3.93. The first-order valence-corrected chi connectivity index (χ1v) is 8.40. The molecule has 0 radical (unpaired) electrons. The van der Waals surface area contributed by atoms with Crippen LogP contribution in [0.15, 0.2) is 48.8 Å². The van der Waals surface area contributed by atoms with Gasteiger partial charge in [0.25, 0.3) is 0 Å². The van der Waals surface area contributed by atoms with E-state index in [4.69, 9.17) is 16.3 Å². The Balaban J connectivity index is 1.70. The summed E-state index contributed by atoms with van der Waals surface area (Å²) in [5, 5.41) is 3.50. The van der Waals surface area contributed by atoms with Crippen LogP contribution in [0.1, 0.15) is 18.4 Å². The first-order chi connectivity index (χ1) is 11.7. The molecule has 126 valence electrons. The van der Waals surface area contributed by atoms with Gasteiger partial charge < -0.3 is 15.0 Å². The average Bonchev–Trinajstić information content (AvgIpc) is 3.08. The molecular formula is C18H20ClN3O2. The molecule has 0 bridgehead atoms. The first kappa shape index (κ1) is 16.7. The number of ether oxygens (including phenoxy) is 1. The van der Waals surface area contributed by atoms with Crippen LogP contribution in [0.2, 0.25) is 5.02 Å². The number of pyridine rings is 1. The molecule has 0 unspecified atom stereocenters. The van der Waals surface area contributed by atoms with Gasteiger partial charge in [-0.05, 0) is 48.7 Å². The minimum Gasteiger partial charge on any atom is -0.376 e. The lowest BCUT2D eigenvalue weighted by Gasteiger charge is -2.26. The van der Waals surface area contributed by atoms with Gasteiger partial charge in [-0.15, -0.1) is 0 Å². The summed E-state index contributed by atoms with van der Waals surface area (Å²) in [5.41, 5.74) is 1.71. The van der Waals surface area contributed by atoms with Gasteiger partial charge in [0, 0.05) is 42.8 Å². The van der Waals surface area contributed by atoms with E-state index >= 15 is 0 Å². The Morgan fingerprint density at radius 2 is 2.17 bits per heavy atom. The number of nitrogens with zero attached hydrogens (tertiary/aromatic N) is 2. The SMILES string of the molecule is O=C(Nc1cccc(Cl)c1)N(Cc1ccncc1)C[C@H]1CCCO1. The highest BCUT2D eigenvalue weighted by Crippen LogP contribution is 2.18. The van der Waals surface area contributed by atoms with Crippen LogP contribution in [0.5, 0.6) is 0 Å². The van der Waals surface area contributed by atoms with E-state index in [0.717, 1.165) is 25.0 Å². The molecule has 1 fully saturated rings. The maximum absolute atomic E-state index is 12.7. The predicted molar refractivity (Wildman–Crippen MR) is 94.1 cm³/mol. The molecule has 0 spiro atoms. The van der Waals surface area contributed by atoms with Crippen LogP contribution >= 0.6 is 11.6 Å². The number of anilines is 1. The van der Waals surface area contributed by atoms with Crippen molar-refractivity contribution >= 4 is 23.3 Å². The van der Waals surface area contributed by atoms with E-state index in [9.17, 15) is 4.79 Å². The summed E-state index contributed by atoms with van der Waals surface area (Å²) in [6, 6.07) is 10.8. The molecule has 0 saturated carbocycles. The monoisotopic (exact) mass is 345 g/mol. The van der Waals surface area contributed by atoms with Crippen LogP contribution < -0.4 is 5.32 Å². The molecule has 1 aromatic carbocycles. The van der Waals surface area contributed by atoms with Crippen LogP contribution in [0.4, 0.5) is 10.5 Å². The zero-order valence-corrected chi connectivity index (χ0v) is 14.1. The maximum Gasteiger partial charge on any atom is 0.322 e. The van der Waals surface area contributed by atoms with Crippen molar-refractivity contribution in [1.29, 1.82) is 0 Å². The topological polar surface area (TPSA) is 54.5 Å². The standard InChI is InChI=1S/C18H20ClN3O2/c19-15-3-1-4-16(11-15)21-18(23)22(13-17-5-2-10-24-17)12-14-6-8-20-9-7-14/h1,3-4,6-9,11,17H,2,5,10,12-13H2,(H,21,23)/t17-/m1/s1. The molecule has 1 N–H and O–H groups in total. The van der Waals surface area contributed by atoms with Gasteiger partial charge in [-0.3, -0.25) is 4.98 Å². The Bertz CT molecular complexity index is 675. The minimum atomic E-state index is -0.162. The Hall–Kier alpha value is -2.11. The second kappa shape index (κ2) is 8.13. The number of aromatic nitrogens is 1. The molecular weight excluding hydrogens is 326 g/mol. The van der Waals surface area contributed by atoms with Crippen LogP contribution in [-0.4, -0.2) is 35.2 Å². The van der Waals surface area contributed by atoms with Crippen LogP contribution in [-0.2, 0) is 11.3 Å². The fourth-order valence-electron chi connectivity index (χ4n) is 2.73. The number of carbonyl (C=O) groups excluding carboxylic acids is 1. The number of rotatable bonds is 5. The van der Waals surface area contributed by atoms with Crippen molar-refractivity contribution in [2.45, 2.75) is 25.5 Å². The average molecular weight is 346 g/mol. The van der Waals surface area contributed by atoms with Crippen molar-refractivity contribution in [3.8, 4) is 0 Å². The number of hydrogen-bond donors (Lipinski definition) is 1. The number of benzene rings is 1. The van der Waals surface area contributed by atoms with Crippen molar-refractivity contribution < 1.29 is 9.53 Å². The Morgan fingerprint density at radius 3 is 2.88 bits per heavy atom. The summed E-state index contributed by atoms with van der Waals surface area (Å²) in [6.45, 7) is 1.84. The fraction of sp³-hybridized carbons (Fsp3) is 0.333. The predicted octanol–water partition coefficient (Wildman–Crippen LogP) is 3.95. The number of urea groups is 1. The van der Waals surface area contributed by atoms with E-state index in [1.165, 1.54) is 0 Å². The summed E-state index contributed by atoms with van der Waals surface area (Å²) in [5.74, 6) is 0. The fourth-order valence-corrected chi connectivity index (χ4v) is 2.92. The smallest absolute Gasteiger partial charge is 0.322 e. The molecule has 1 atom stereocenters. The zero-order chi connectivity index (χ0) is 16.8.